The summed E-state index contributed by atoms with van der Waals surface area (Å²) in [5, 5.41) is 17.9. The molecule has 68 valence electrons. The zero-order valence-electron chi connectivity index (χ0n) is 7.06. The Labute approximate surface area is 79.3 Å². The summed E-state index contributed by atoms with van der Waals surface area (Å²) in [5.74, 6) is 0. The fourth-order valence-electron chi connectivity index (χ4n) is 1.21. The Morgan fingerprint density at radius 2 is 2.23 bits per heavy atom. The van der Waals surface area contributed by atoms with E-state index < -0.39 is 6.29 Å². The van der Waals surface area contributed by atoms with Gasteiger partial charge in [0.25, 0.3) is 0 Å². The molecule has 0 saturated carbocycles. The summed E-state index contributed by atoms with van der Waals surface area (Å²) in [6.45, 7) is 1.98. The third-order valence-corrected chi connectivity index (χ3v) is 3.18. The number of aliphatic hydroxyl groups is 2. The van der Waals surface area contributed by atoms with Crippen LogP contribution < -0.4 is 0 Å². The molecule has 0 amide bonds. The Bertz CT molecular complexity index is 436. The Morgan fingerprint density at radius 1 is 1.46 bits per heavy atom. The quantitative estimate of drug-likeness (QED) is 0.679. The second-order valence-electron chi connectivity index (χ2n) is 2.86. The number of rotatable bonds is 1. The molecule has 0 aromatic carbocycles. The van der Waals surface area contributed by atoms with E-state index in [0.717, 1.165) is 15.8 Å². The minimum Gasteiger partial charge on any atom is -0.364 e. The molecular weight excluding hydrogens is 186 g/mol. The molecule has 0 radical (unpaired) electrons. The number of thiophene rings is 1. The summed E-state index contributed by atoms with van der Waals surface area (Å²) in [7, 11) is 0. The van der Waals surface area contributed by atoms with Gasteiger partial charge >= 0.3 is 0 Å². The molecule has 0 aliphatic heterocycles. The van der Waals surface area contributed by atoms with Gasteiger partial charge in [0, 0.05) is 6.20 Å². The molecule has 2 aromatic rings. The molecule has 2 rings (SSSR count). The number of aliphatic hydroxyl groups excluding tert-OH is 1. The molecular formula is C9H9NO2S. The fourth-order valence-corrected chi connectivity index (χ4v) is 2.17. The monoisotopic (exact) mass is 195 g/mol. The van der Waals surface area contributed by atoms with Gasteiger partial charge in [0.15, 0.2) is 6.29 Å². The lowest BCUT2D eigenvalue weighted by Crippen LogP contribution is -1.88. The van der Waals surface area contributed by atoms with Gasteiger partial charge in [-0.05, 0) is 24.6 Å². The smallest absolute Gasteiger partial charge is 0.188 e. The highest BCUT2D eigenvalue weighted by Gasteiger charge is 2.09. The number of nitrogens with zero attached hydrogens (tertiary/aromatic N) is 1. The molecule has 13 heavy (non-hydrogen) atoms. The highest BCUT2D eigenvalue weighted by Crippen LogP contribution is 2.29. The highest BCUT2D eigenvalue weighted by molar-refractivity contribution is 7.19. The van der Waals surface area contributed by atoms with Gasteiger partial charge in [0.1, 0.15) is 0 Å². The van der Waals surface area contributed by atoms with Gasteiger partial charge in [-0.1, -0.05) is 0 Å². The van der Waals surface area contributed by atoms with Crippen molar-refractivity contribution in [2.75, 3.05) is 0 Å². The van der Waals surface area contributed by atoms with E-state index in [4.69, 9.17) is 10.2 Å². The average molecular weight is 195 g/mol. The maximum absolute atomic E-state index is 8.95. The van der Waals surface area contributed by atoms with Gasteiger partial charge in [-0.15, -0.1) is 11.3 Å². The SMILES string of the molecule is Cc1ccnc2cc(C(O)O)sc12. The number of aryl methyl sites for hydroxylation is 1. The zero-order valence-corrected chi connectivity index (χ0v) is 7.88. The van der Waals surface area contributed by atoms with Gasteiger partial charge in [-0.2, -0.15) is 0 Å². The van der Waals surface area contributed by atoms with Crippen molar-refractivity contribution in [1.82, 2.24) is 4.98 Å². The van der Waals surface area contributed by atoms with Crippen LogP contribution in [0.2, 0.25) is 0 Å². The molecule has 0 spiro atoms. The van der Waals surface area contributed by atoms with Gasteiger partial charge in [0.2, 0.25) is 0 Å². The van der Waals surface area contributed by atoms with Crippen LogP contribution >= 0.6 is 11.3 Å². The van der Waals surface area contributed by atoms with Crippen molar-refractivity contribution in [2.45, 2.75) is 13.2 Å². The summed E-state index contributed by atoms with van der Waals surface area (Å²) in [6.07, 6.45) is 0.330. The molecule has 0 atom stereocenters. The predicted octanol–water partition coefficient (Wildman–Crippen LogP) is 1.59. The molecule has 2 heterocycles. The van der Waals surface area contributed by atoms with E-state index >= 15 is 0 Å². The van der Waals surface area contributed by atoms with Crippen LogP contribution in [0.15, 0.2) is 18.3 Å². The Morgan fingerprint density at radius 3 is 2.85 bits per heavy atom. The van der Waals surface area contributed by atoms with Crippen molar-refractivity contribution >= 4 is 21.6 Å². The van der Waals surface area contributed by atoms with E-state index in [-0.39, 0.29) is 0 Å². The van der Waals surface area contributed by atoms with Crippen molar-refractivity contribution in [3.8, 4) is 0 Å². The molecule has 0 fully saturated rings. The average Bonchev–Trinajstić information content (AvgIpc) is 2.49. The van der Waals surface area contributed by atoms with E-state index in [0.29, 0.717) is 4.88 Å². The molecule has 0 unspecified atom stereocenters. The van der Waals surface area contributed by atoms with Crippen LogP contribution in [-0.4, -0.2) is 15.2 Å². The normalized spacial score (nSPS) is 11.4. The zero-order chi connectivity index (χ0) is 9.42. The van der Waals surface area contributed by atoms with Crippen molar-refractivity contribution in [1.29, 1.82) is 0 Å². The first-order valence-electron chi connectivity index (χ1n) is 3.89. The van der Waals surface area contributed by atoms with E-state index in [1.54, 1.807) is 12.3 Å². The minimum atomic E-state index is -1.39. The predicted molar refractivity (Wildman–Crippen MR) is 51.5 cm³/mol. The van der Waals surface area contributed by atoms with Crippen LogP contribution in [0.1, 0.15) is 16.7 Å². The molecule has 2 aromatic heterocycles. The van der Waals surface area contributed by atoms with Crippen LogP contribution in [0, 0.1) is 6.92 Å². The molecule has 0 aliphatic carbocycles. The Balaban J connectivity index is 2.68. The summed E-state index contributed by atoms with van der Waals surface area (Å²) < 4.78 is 1.02. The standard InChI is InChI=1S/C9H9NO2S/c1-5-2-3-10-6-4-7(9(11)12)13-8(5)6/h2-4,9,11-12H,1H3. The van der Waals surface area contributed by atoms with Gasteiger partial charge in [-0.3, -0.25) is 4.98 Å². The van der Waals surface area contributed by atoms with Gasteiger partial charge in [-0.25, -0.2) is 0 Å². The van der Waals surface area contributed by atoms with Crippen LogP contribution in [0.3, 0.4) is 0 Å². The van der Waals surface area contributed by atoms with Crippen LogP contribution in [0.25, 0.3) is 10.2 Å². The second kappa shape index (κ2) is 3.06. The van der Waals surface area contributed by atoms with Crippen LogP contribution in [0.5, 0.6) is 0 Å². The number of aromatic nitrogens is 1. The molecule has 0 saturated heterocycles. The number of fused-ring (bicyclic) bond motifs is 1. The lowest BCUT2D eigenvalue weighted by molar-refractivity contribution is -0.0394. The maximum Gasteiger partial charge on any atom is 0.188 e. The minimum absolute atomic E-state index is 0.539. The van der Waals surface area contributed by atoms with Gasteiger partial charge < -0.3 is 10.2 Å². The summed E-state index contributed by atoms with van der Waals surface area (Å²) in [5.41, 5.74) is 1.94. The Hall–Kier alpha value is -0.970. The molecule has 3 nitrogen and oxygen atoms in total. The first kappa shape index (κ1) is 8.62. The lowest BCUT2D eigenvalue weighted by Gasteiger charge is -1.95. The molecule has 2 N–H and O–H groups in total. The topological polar surface area (TPSA) is 53.4 Å². The number of hydrogen-bond acceptors (Lipinski definition) is 4. The van der Waals surface area contributed by atoms with E-state index in [1.165, 1.54) is 11.3 Å². The van der Waals surface area contributed by atoms with Crippen molar-refractivity contribution < 1.29 is 10.2 Å². The Kier molecular flexibility index (Phi) is 2.03. The van der Waals surface area contributed by atoms with Crippen molar-refractivity contribution in [2.24, 2.45) is 0 Å². The lowest BCUT2D eigenvalue weighted by atomic mass is 10.2. The highest BCUT2D eigenvalue weighted by atomic mass is 32.1. The number of pyridine rings is 1. The molecule has 0 bridgehead atoms. The number of hydrogen-bond donors (Lipinski definition) is 2. The molecule has 0 aliphatic rings. The van der Waals surface area contributed by atoms with Crippen molar-refractivity contribution in [3.05, 3.63) is 28.8 Å². The van der Waals surface area contributed by atoms with Crippen molar-refractivity contribution in [3.63, 3.8) is 0 Å². The van der Waals surface area contributed by atoms with E-state index in [9.17, 15) is 0 Å². The first-order chi connectivity index (χ1) is 6.18. The van der Waals surface area contributed by atoms with Crippen LogP contribution in [0.4, 0.5) is 0 Å². The second-order valence-corrected chi connectivity index (χ2v) is 3.95. The maximum atomic E-state index is 8.95. The summed E-state index contributed by atoms with van der Waals surface area (Å²) in [4.78, 5) is 4.67. The third kappa shape index (κ3) is 1.44. The van der Waals surface area contributed by atoms with E-state index in [1.807, 2.05) is 13.0 Å². The van der Waals surface area contributed by atoms with Crippen LogP contribution in [-0.2, 0) is 0 Å². The summed E-state index contributed by atoms with van der Waals surface area (Å²) >= 11 is 1.37. The van der Waals surface area contributed by atoms with Gasteiger partial charge in [0.05, 0.1) is 15.1 Å². The molecule has 4 heteroatoms. The summed E-state index contributed by atoms with van der Waals surface area (Å²) in [6, 6.07) is 3.62. The first-order valence-corrected chi connectivity index (χ1v) is 4.71. The largest absolute Gasteiger partial charge is 0.364 e. The fraction of sp³-hybridized carbons (Fsp3) is 0.222. The third-order valence-electron chi connectivity index (χ3n) is 1.88. The van der Waals surface area contributed by atoms with E-state index in [2.05, 4.69) is 4.98 Å².